The van der Waals surface area contributed by atoms with Crippen LogP contribution in [0.2, 0.25) is 0 Å². The normalized spacial score (nSPS) is 14.8. The molecule has 4 aromatic rings. The average molecular weight is 468 g/mol. The Morgan fingerprint density at radius 1 is 0.943 bits per heavy atom. The third-order valence-electron chi connectivity index (χ3n) is 6.46. The van der Waals surface area contributed by atoms with Crippen molar-refractivity contribution in [3.8, 4) is 22.8 Å². The number of carbonyl (C=O) groups is 1. The molecule has 0 saturated heterocycles. The van der Waals surface area contributed by atoms with Crippen molar-refractivity contribution in [2.24, 2.45) is 7.05 Å². The molecule has 1 aliphatic rings. The number of fused-ring (bicyclic) bond motifs is 1. The minimum absolute atomic E-state index is 0.00231. The summed E-state index contributed by atoms with van der Waals surface area (Å²) in [5, 5.41) is 4.79. The number of amides is 1. The minimum Gasteiger partial charge on any atom is -0.497 e. The van der Waals surface area contributed by atoms with Crippen LogP contribution in [0.1, 0.15) is 40.1 Å². The second-order valence-corrected chi connectivity index (χ2v) is 8.61. The number of methoxy groups -OCH3 is 1. The van der Waals surface area contributed by atoms with Crippen molar-refractivity contribution in [1.29, 1.82) is 0 Å². The molecule has 6 heteroatoms. The van der Waals surface area contributed by atoms with Crippen LogP contribution in [0.5, 0.6) is 11.5 Å². The smallest absolute Gasteiger partial charge is 0.273 e. The summed E-state index contributed by atoms with van der Waals surface area (Å²) >= 11 is 0. The van der Waals surface area contributed by atoms with Crippen molar-refractivity contribution < 1.29 is 14.3 Å². The number of hydrogen-bond acceptors (Lipinski definition) is 4. The second kappa shape index (κ2) is 9.66. The van der Waals surface area contributed by atoms with Crippen LogP contribution in [-0.2, 0) is 13.5 Å². The summed E-state index contributed by atoms with van der Waals surface area (Å²) in [5.74, 6) is 1.57. The maximum absolute atomic E-state index is 13.8. The highest BCUT2D eigenvalue weighted by atomic mass is 16.5. The van der Waals surface area contributed by atoms with Crippen molar-refractivity contribution in [3.63, 3.8) is 0 Å². The van der Waals surface area contributed by atoms with Gasteiger partial charge in [-0.3, -0.25) is 9.48 Å². The third-order valence-corrected chi connectivity index (χ3v) is 6.46. The molecule has 3 aromatic carbocycles. The number of benzene rings is 3. The summed E-state index contributed by atoms with van der Waals surface area (Å²) in [5.41, 5.74) is 5.55. The lowest BCUT2D eigenvalue weighted by molar-refractivity contribution is 0.0741. The molecule has 1 aromatic heterocycles. The first-order valence-corrected chi connectivity index (χ1v) is 11.9. The molecule has 0 N–H and O–H groups in total. The molecule has 178 valence electrons. The summed E-state index contributed by atoms with van der Waals surface area (Å²) in [6.45, 7) is 3.15. The Hall–Kier alpha value is -4.06. The van der Waals surface area contributed by atoms with E-state index < -0.39 is 0 Å². The SMILES string of the molecule is CCOc1cccc(C2c3c(-c4ccc(OC)cc4)nn(C)c3C(=O)N2CCc2ccccc2)c1. The van der Waals surface area contributed by atoms with Gasteiger partial charge in [0.15, 0.2) is 0 Å². The first kappa shape index (κ1) is 22.7. The summed E-state index contributed by atoms with van der Waals surface area (Å²) in [4.78, 5) is 15.8. The fraction of sp³-hybridized carbons (Fsp3) is 0.241. The average Bonchev–Trinajstić information content (AvgIpc) is 3.38. The Morgan fingerprint density at radius 3 is 2.43 bits per heavy atom. The van der Waals surface area contributed by atoms with E-state index in [1.807, 2.05) is 79.5 Å². The molecule has 1 aliphatic heterocycles. The Morgan fingerprint density at radius 2 is 1.71 bits per heavy atom. The van der Waals surface area contributed by atoms with E-state index in [2.05, 4.69) is 18.2 Å². The van der Waals surface area contributed by atoms with Crippen LogP contribution in [0.25, 0.3) is 11.3 Å². The largest absolute Gasteiger partial charge is 0.497 e. The van der Waals surface area contributed by atoms with E-state index in [1.54, 1.807) is 11.8 Å². The van der Waals surface area contributed by atoms with Crippen molar-refractivity contribution in [2.75, 3.05) is 20.3 Å². The number of carbonyl (C=O) groups excluding carboxylic acids is 1. The van der Waals surface area contributed by atoms with Crippen LogP contribution in [-0.4, -0.2) is 40.8 Å². The van der Waals surface area contributed by atoms with Crippen molar-refractivity contribution in [1.82, 2.24) is 14.7 Å². The number of nitrogens with zero attached hydrogens (tertiary/aromatic N) is 3. The summed E-state index contributed by atoms with van der Waals surface area (Å²) in [6.07, 6.45) is 0.771. The molecule has 0 spiro atoms. The molecular weight excluding hydrogens is 438 g/mol. The highest BCUT2D eigenvalue weighted by molar-refractivity contribution is 6.00. The predicted molar refractivity (Wildman–Crippen MR) is 136 cm³/mol. The fourth-order valence-electron chi connectivity index (χ4n) is 4.84. The molecule has 0 fully saturated rings. The highest BCUT2D eigenvalue weighted by Crippen LogP contribution is 2.44. The number of rotatable bonds is 8. The van der Waals surface area contributed by atoms with Crippen molar-refractivity contribution >= 4 is 5.91 Å². The molecule has 1 atom stereocenters. The molecule has 0 aliphatic carbocycles. The van der Waals surface area contributed by atoms with Crippen LogP contribution in [0.3, 0.4) is 0 Å². The zero-order valence-electron chi connectivity index (χ0n) is 20.3. The molecule has 2 heterocycles. The number of aryl methyl sites for hydroxylation is 1. The van der Waals surface area contributed by atoms with Crippen molar-refractivity contribution in [2.45, 2.75) is 19.4 Å². The van der Waals surface area contributed by atoms with Crippen LogP contribution >= 0.6 is 0 Å². The fourth-order valence-corrected chi connectivity index (χ4v) is 4.84. The quantitative estimate of drug-likeness (QED) is 0.354. The van der Waals surface area contributed by atoms with Gasteiger partial charge in [0.1, 0.15) is 17.2 Å². The number of aromatic nitrogens is 2. The molecule has 1 unspecified atom stereocenters. The van der Waals surface area contributed by atoms with Gasteiger partial charge in [0.2, 0.25) is 0 Å². The van der Waals surface area contributed by atoms with Gasteiger partial charge in [-0.25, -0.2) is 0 Å². The Bertz CT molecular complexity index is 1330. The molecule has 35 heavy (non-hydrogen) atoms. The lowest BCUT2D eigenvalue weighted by Gasteiger charge is -2.27. The van der Waals surface area contributed by atoms with Gasteiger partial charge in [-0.15, -0.1) is 0 Å². The Balaban J connectivity index is 1.61. The lowest BCUT2D eigenvalue weighted by Crippen LogP contribution is -2.32. The van der Waals surface area contributed by atoms with E-state index in [0.29, 0.717) is 18.8 Å². The van der Waals surface area contributed by atoms with E-state index in [0.717, 1.165) is 40.3 Å². The second-order valence-electron chi connectivity index (χ2n) is 8.61. The van der Waals surface area contributed by atoms with Gasteiger partial charge in [0, 0.05) is 24.7 Å². The first-order chi connectivity index (χ1) is 17.1. The topological polar surface area (TPSA) is 56.6 Å². The predicted octanol–water partition coefficient (Wildman–Crippen LogP) is 5.28. The maximum Gasteiger partial charge on any atom is 0.273 e. The number of hydrogen-bond donors (Lipinski definition) is 0. The summed E-state index contributed by atoms with van der Waals surface area (Å²) in [7, 11) is 3.50. The van der Waals surface area contributed by atoms with Gasteiger partial charge in [-0.2, -0.15) is 5.10 Å². The summed E-state index contributed by atoms with van der Waals surface area (Å²) < 4.78 is 12.8. The van der Waals surface area contributed by atoms with Gasteiger partial charge in [-0.05, 0) is 60.9 Å². The molecule has 0 radical (unpaired) electrons. The molecular formula is C29H29N3O3. The zero-order valence-corrected chi connectivity index (χ0v) is 20.3. The molecule has 0 bridgehead atoms. The van der Waals surface area contributed by atoms with Crippen LogP contribution in [0, 0.1) is 0 Å². The van der Waals surface area contributed by atoms with Gasteiger partial charge in [0.25, 0.3) is 5.91 Å². The third kappa shape index (κ3) is 4.28. The molecule has 6 nitrogen and oxygen atoms in total. The molecule has 5 rings (SSSR count). The lowest BCUT2D eigenvalue weighted by atomic mass is 9.95. The minimum atomic E-state index is -0.257. The van der Waals surface area contributed by atoms with Gasteiger partial charge < -0.3 is 14.4 Å². The van der Waals surface area contributed by atoms with Crippen LogP contribution in [0.15, 0.2) is 78.9 Å². The number of ether oxygens (including phenoxy) is 2. The highest BCUT2D eigenvalue weighted by Gasteiger charge is 2.43. The maximum atomic E-state index is 13.8. The van der Waals surface area contributed by atoms with Crippen LogP contribution < -0.4 is 9.47 Å². The monoisotopic (exact) mass is 467 g/mol. The van der Waals surface area contributed by atoms with Crippen LogP contribution in [0.4, 0.5) is 0 Å². The van der Waals surface area contributed by atoms with E-state index in [4.69, 9.17) is 14.6 Å². The Kier molecular flexibility index (Phi) is 6.27. The molecule has 0 saturated carbocycles. The van der Waals surface area contributed by atoms with Gasteiger partial charge in [-0.1, -0.05) is 42.5 Å². The van der Waals surface area contributed by atoms with E-state index >= 15 is 0 Å². The first-order valence-electron chi connectivity index (χ1n) is 11.9. The van der Waals surface area contributed by atoms with Gasteiger partial charge >= 0.3 is 0 Å². The van der Waals surface area contributed by atoms with Crippen molar-refractivity contribution in [3.05, 3.63) is 101 Å². The van der Waals surface area contributed by atoms with Gasteiger partial charge in [0.05, 0.1) is 25.5 Å². The van der Waals surface area contributed by atoms with E-state index in [1.165, 1.54) is 5.56 Å². The summed E-state index contributed by atoms with van der Waals surface area (Å²) in [6, 6.07) is 25.9. The molecule has 1 amide bonds. The Labute approximate surface area is 205 Å². The standard InChI is InChI=1S/C29H29N3O3/c1-4-35-24-12-8-11-22(19-24)27-25-26(21-13-15-23(34-3)16-14-21)30-31(2)28(25)29(33)32(27)18-17-20-9-6-5-7-10-20/h5-16,19,27H,4,17-18H2,1-3H3. The van der Waals surface area contributed by atoms with E-state index in [9.17, 15) is 4.79 Å². The van der Waals surface area contributed by atoms with E-state index in [-0.39, 0.29) is 11.9 Å². The zero-order chi connectivity index (χ0) is 24.4.